The van der Waals surface area contributed by atoms with Crippen molar-refractivity contribution >= 4 is 11.0 Å². The third-order valence-corrected chi connectivity index (χ3v) is 5.48. The zero-order chi connectivity index (χ0) is 24.9. The highest BCUT2D eigenvalue weighted by molar-refractivity contribution is 5.88. The smallest absolute Gasteiger partial charge is 0.239 e. The summed E-state index contributed by atoms with van der Waals surface area (Å²) in [5.41, 5.74) is -1.28. The highest BCUT2D eigenvalue weighted by Crippen LogP contribution is 2.43. The molecule has 3 aromatic rings. The van der Waals surface area contributed by atoms with Crippen molar-refractivity contribution in [1.29, 1.82) is 0 Å². The lowest BCUT2D eigenvalue weighted by molar-refractivity contribution is -0.268. The van der Waals surface area contributed by atoms with E-state index in [1.807, 2.05) is 0 Å². The van der Waals surface area contributed by atoms with Crippen LogP contribution in [-0.2, 0) is 4.74 Å². The van der Waals surface area contributed by atoms with Gasteiger partial charge in [0.15, 0.2) is 17.3 Å². The number of aromatic hydroxyl groups is 4. The van der Waals surface area contributed by atoms with Crippen molar-refractivity contribution in [3.05, 3.63) is 34.5 Å². The fourth-order valence-corrected chi connectivity index (χ4v) is 3.73. The van der Waals surface area contributed by atoms with Crippen molar-refractivity contribution in [3.63, 3.8) is 0 Å². The van der Waals surface area contributed by atoms with Crippen molar-refractivity contribution < 1.29 is 54.4 Å². The Bertz CT molecular complexity index is 1280. The summed E-state index contributed by atoms with van der Waals surface area (Å²) >= 11 is 0. The average molecular weight is 478 g/mol. The molecule has 0 amide bonds. The van der Waals surface area contributed by atoms with Crippen LogP contribution >= 0.6 is 0 Å². The SMILES string of the molecule is COc1c(O)cc(-c2oc3cc(O)cc(O)c3c(=O)c2O[C@@H]2OC(C)[C@H](O)C(O)[C@@H]2O)cc1O. The van der Waals surface area contributed by atoms with Gasteiger partial charge >= 0.3 is 0 Å². The lowest BCUT2D eigenvalue weighted by Gasteiger charge is -2.38. The number of methoxy groups -OCH3 is 1. The molecule has 0 radical (unpaired) electrons. The monoisotopic (exact) mass is 478 g/mol. The van der Waals surface area contributed by atoms with Crippen LogP contribution in [0.3, 0.4) is 0 Å². The van der Waals surface area contributed by atoms with Gasteiger partial charge in [0.1, 0.15) is 40.8 Å². The molecule has 0 bridgehead atoms. The van der Waals surface area contributed by atoms with Crippen molar-refractivity contribution in [3.8, 4) is 45.8 Å². The van der Waals surface area contributed by atoms with Gasteiger partial charge in [-0.1, -0.05) is 0 Å². The molecule has 0 spiro atoms. The van der Waals surface area contributed by atoms with Crippen LogP contribution in [0.4, 0.5) is 0 Å². The first-order chi connectivity index (χ1) is 16.0. The third kappa shape index (κ3) is 3.82. The third-order valence-electron chi connectivity index (χ3n) is 5.48. The highest BCUT2D eigenvalue weighted by Gasteiger charge is 2.44. The van der Waals surface area contributed by atoms with E-state index in [1.165, 1.54) is 14.0 Å². The average Bonchev–Trinajstić information content (AvgIpc) is 2.76. The fourth-order valence-electron chi connectivity index (χ4n) is 3.73. The molecule has 34 heavy (non-hydrogen) atoms. The van der Waals surface area contributed by atoms with Crippen LogP contribution in [0.5, 0.6) is 34.5 Å². The number of rotatable bonds is 4. The zero-order valence-electron chi connectivity index (χ0n) is 17.9. The Morgan fingerprint density at radius 2 is 1.50 bits per heavy atom. The number of phenols is 4. The van der Waals surface area contributed by atoms with Gasteiger partial charge in [0.05, 0.1) is 13.2 Å². The number of benzene rings is 2. The molecule has 5 atom stereocenters. The maximum absolute atomic E-state index is 13.3. The van der Waals surface area contributed by atoms with E-state index < -0.39 is 64.9 Å². The van der Waals surface area contributed by atoms with Crippen LogP contribution in [0, 0.1) is 0 Å². The topological polar surface area (TPSA) is 200 Å². The lowest BCUT2D eigenvalue weighted by Crippen LogP contribution is -2.58. The first-order valence-electron chi connectivity index (χ1n) is 10.0. The maximum Gasteiger partial charge on any atom is 0.239 e. The van der Waals surface area contributed by atoms with Gasteiger partial charge in [-0.3, -0.25) is 4.79 Å². The minimum absolute atomic E-state index is 0.0773. The van der Waals surface area contributed by atoms with Crippen LogP contribution in [0.2, 0.25) is 0 Å². The molecule has 7 N–H and O–H groups in total. The fraction of sp³-hybridized carbons (Fsp3) is 0.318. The Kier molecular flexibility index (Phi) is 5.91. The second kappa shape index (κ2) is 8.57. The van der Waals surface area contributed by atoms with Crippen LogP contribution in [0.15, 0.2) is 33.5 Å². The lowest BCUT2D eigenvalue weighted by atomic mass is 10.00. The first kappa shape index (κ1) is 23.4. The molecule has 1 fully saturated rings. The number of hydrogen-bond acceptors (Lipinski definition) is 12. The largest absolute Gasteiger partial charge is 0.508 e. The number of aliphatic hydroxyl groups excluding tert-OH is 3. The summed E-state index contributed by atoms with van der Waals surface area (Å²) < 4.78 is 21.6. The first-order valence-corrected chi connectivity index (χ1v) is 10.0. The Balaban J connectivity index is 1.94. The molecule has 2 unspecified atom stereocenters. The predicted octanol–water partition coefficient (Wildman–Crippen LogP) is 0.497. The van der Waals surface area contributed by atoms with Crippen LogP contribution in [0.25, 0.3) is 22.3 Å². The molecule has 2 heterocycles. The summed E-state index contributed by atoms with van der Waals surface area (Å²) in [5.74, 6) is -3.30. The number of ether oxygens (including phenoxy) is 3. The molecule has 1 aromatic heterocycles. The summed E-state index contributed by atoms with van der Waals surface area (Å²) in [5, 5.41) is 70.4. The van der Waals surface area contributed by atoms with E-state index in [1.54, 1.807) is 0 Å². The summed E-state index contributed by atoms with van der Waals surface area (Å²) in [7, 11) is 1.22. The molecule has 2 aromatic carbocycles. The van der Waals surface area contributed by atoms with Gasteiger partial charge in [0.25, 0.3) is 0 Å². The number of hydrogen-bond donors (Lipinski definition) is 7. The molecule has 12 nitrogen and oxygen atoms in total. The van der Waals surface area contributed by atoms with Crippen molar-refractivity contribution in [2.45, 2.75) is 37.6 Å². The van der Waals surface area contributed by atoms with Gasteiger partial charge in [0, 0.05) is 17.7 Å². The van der Waals surface area contributed by atoms with E-state index >= 15 is 0 Å². The van der Waals surface area contributed by atoms with E-state index in [9.17, 15) is 40.5 Å². The van der Waals surface area contributed by atoms with Crippen LogP contribution < -0.4 is 14.9 Å². The van der Waals surface area contributed by atoms with Gasteiger partial charge in [0.2, 0.25) is 23.2 Å². The van der Waals surface area contributed by atoms with E-state index in [0.29, 0.717) is 0 Å². The van der Waals surface area contributed by atoms with E-state index in [4.69, 9.17) is 18.6 Å². The molecular weight excluding hydrogens is 456 g/mol. The van der Waals surface area contributed by atoms with E-state index in [-0.39, 0.29) is 28.0 Å². The number of phenolic OH excluding ortho intramolecular Hbond substituents is 4. The minimum Gasteiger partial charge on any atom is -0.508 e. The molecule has 1 aliphatic rings. The standard InChI is InChI=1S/C22H22O12/c1-7-15(27)17(29)18(30)22(32-7)34-21-16(28)14-10(24)5-9(23)6-13(14)33-19(21)8-3-11(25)20(31-2)12(26)4-8/h3-7,15,17-18,22-27,29-30H,1-2H3/t7?,15-,17?,18-,22-/m0/s1. The van der Waals surface area contributed by atoms with Crippen LogP contribution in [-0.4, -0.2) is 73.6 Å². The predicted molar refractivity (Wildman–Crippen MR) is 114 cm³/mol. The van der Waals surface area contributed by atoms with Gasteiger partial charge in [-0.25, -0.2) is 0 Å². The summed E-state index contributed by atoms with van der Waals surface area (Å²) in [6, 6.07) is 4.15. The van der Waals surface area contributed by atoms with Crippen molar-refractivity contribution in [2.75, 3.05) is 7.11 Å². The molecule has 1 aliphatic heterocycles. The van der Waals surface area contributed by atoms with Crippen molar-refractivity contribution in [1.82, 2.24) is 0 Å². The Labute approximate surface area is 191 Å². The number of aliphatic hydroxyl groups is 3. The van der Waals surface area contributed by atoms with Gasteiger partial charge < -0.3 is 54.4 Å². The molecule has 182 valence electrons. The van der Waals surface area contributed by atoms with Crippen LogP contribution in [0.1, 0.15) is 6.92 Å². The summed E-state index contributed by atoms with van der Waals surface area (Å²) in [6.07, 6.45) is -7.50. The molecule has 1 saturated heterocycles. The maximum atomic E-state index is 13.3. The van der Waals surface area contributed by atoms with E-state index in [0.717, 1.165) is 24.3 Å². The second-order valence-corrected chi connectivity index (χ2v) is 7.77. The van der Waals surface area contributed by atoms with Gasteiger partial charge in [-0.15, -0.1) is 0 Å². The number of fused-ring (bicyclic) bond motifs is 1. The zero-order valence-corrected chi connectivity index (χ0v) is 17.9. The van der Waals surface area contributed by atoms with Gasteiger partial charge in [-0.05, 0) is 19.1 Å². The Morgan fingerprint density at radius 3 is 2.12 bits per heavy atom. The quantitative estimate of drug-likeness (QED) is 0.274. The molecule has 0 saturated carbocycles. The van der Waals surface area contributed by atoms with Crippen molar-refractivity contribution in [2.24, 2.45) is 0 Å². The molecule has 0 aliphatic carbocycles. The molecule has 12 heteroatoms. The molecular formula is C22H22O12. The summed E-state index contributed by atoms with van der Waals surface area (Å²) in [4.78, 5) is 13.3. The van der Waals surface area contributed by atoms with Gasteiger partial charge in [-0.2, -0.15) is 0 Å². The summed E-state index contributed by atoms with van der Waals surface area (Å²) in [6.45, 7) is 1.41. The van der Waals surface area contributed by atoms with E-state index in [2.05, 4.69) is 0 Å². The second-order valence-electron chi connectivity index (χ2n) is 7.77. The Morgan fingerprint density at radius 1 is 0.853 bits per heavy atom. The minimum atomic E-state index is -1.78. The highest BCUT2D eigenvalue weighted by atomic mass is 16.7. The molecule has 4 rings (SSSR count). The Hall–Kier alpha value is -3.71. The normalized spacial score (nSPS) is 24.8.